The predicted octanol–water partition coefficient (Wildman–Crippen LogP) is 2.56. The molecule has 1 unspecified atom stereocenters. The summed E-state index contributed by atoms with van der Waals surface area (Å²) in [6, 6.07) is 6.65. The topological polar surface area (TPSA) is 78.9 Å². The summed E-state index contributed by atoms with van der Waals surface area (Å²) < 4.78 is 5.37. The highest BCUT2D eigenvalue weighted by Crippen LogP contribution is 2.30. The Bertz CT molecular complexity index is 546. The largest absolute Gasteiger partial charge is 0.494 e. The lowest BCUT2D eigenvalue weighted by Crippen LogP contribution is -2.52. The third kappa shape index (κ3) is 3.09. The number of ether oxygens (including phenoxy) is 1. The Morgan fingerprint density at radius 1 is 1.48 bits per heavy atom. The van der Waals surface area contributed by atoms with E-state index >= 15 is 0 Å². The maximum absolute atomic E-state index is 12.3. The van der Waals surface area contributed by atoms with Gasteiger partial charge in [-0.2, -0.15) is 0 Å². The number of aliphatic carboxylic acids is 1. The van der Waals surface area contributed by atoms with Crippen molar-refractivity contribution in [3.8, 4) is 5.75 Å². The smallest absolute Gasteiger partial charge is 0.329 e. The van der Waals surface area contributed by atoms with Gasteiger partial charge in [-0.05, 0) is 38.8 Å². The fourth-order valence-electron chi connectivity index (χ4n) is 2.53. The van der Waals surface area contributed by atoms with Gasteiger partial charge >= 0.3 is 12.0 Å². The quantitative estimate of drug-likeness (QED) is 0.894. The Balaban J connectivity index is 2.11. The minimum atomic E-state index is -1.14. The number of carbonyl (C=O) groups is 2. The molecule has 0 spiro atoms. The van der Waals surface area contributed by atoms with Crippen molar-refractivity contribution < 1.29 is 19.4 Å². The lowest BCUT2D eigenvalue weighted by Gasteiger charge is -2.31. The van der Waals surface area contributed by atoms with Crippen LogP contribution in [0.2, 0.25) is 0 Å². The van der Waals surface area contributed by atoms with Crippen LogP contribution in [0.3, 0.4) is 0 Å². The van der Waals surface area contributed by atoms with E-state index in [9.17, 15) is 14.7 Å². The zero-order valence-corrected chi connectivity index (χ0v) is 12.3. The highest BCUT2D eigenvalue weighted by Gasteiger charge is 2.46. The van der Waals surface area contributed by atoms with E-state index in [-0.39, 0.29) is 0 Å². The molecule has 21 heavy (non-hydrogen) atoms. The number of carbonyl (C=O) groups excluding carboxylic acids is 1. The summed E-state index contributed by atoms with van der Waals surface area (Å²) in [6.07, 6.45) is 1.16. The molecular weight excluding hydrogens is 272 g/mol. The average Bonchev–Trinajstić information content (AvgIpc) is 2.83. The van der Waals surface area contributed by atoms with E-state index in [2.05, 4.69) is 5.32 Å². The standard InChI is InChI=1S/C15H20N2O4/c1-3-21-12-7-4-6-11(10-12)16-14(20)17-9-5-8-15(17,2)13(18)19/h4,6-7,10H,3,5,8-9H2,1-2H3,(H,16,20)(H,18,19). The van der Waals surface area contributed by atoms with Crippen LogP contribution in [0, 0.1) is 0 Å². The van der Waals surface area contributed by atoms with Crippen LogP contribution in [0.15, 0.2) is 24.3 Å². The van der Waals surface area contributed by atoms with Crippen LogP contribution in [0.1, 0.15) is 26.7 Å². The maximum Gasteiger partial charge on any atom is 0.329 e. The highest BCUT2D eigenvalue weighted by atomic mass is 16.5. The molecule has 6 heteroatoms. The molecule has 1 heterocycles. The molecule has 0 aliphatic carbocycles. The fraction of sp³-hybridized carbons (Fsp3) is 0.467. The van der Waals surface area contributed by atoms with Crippen molar-refractivity contribution in [3.05, 3.63) is 24.3 Å². The van der Waals surface area contributed by atoms with Gasteiger partial charge in [0.2, 0.25) is 0 Å². The van der Waals surface area contributed by atoms with Crippen molar-refractivity contribution >= 4 is 17.7 Å². The van der Waals surface area contributed by atoms with Crippen LogP contribution >= 0.6 is 0 Å². The lowest BCUT2D eigenvalue weighted by molar-refractivity contribution is -0.146. The van der Waals surface area contributed by atoms with Crippen molar-refractivity contribution in [3.63, 3.8) is 0 Å². The summed E-state index contributed by atoms with van der Waals surface area (Å²) in [7, 11) is 0. The molecule has 1 atom stereocenters. The molecule has 1 aliphatic heterocycles. The van der Waals surface area contributed by atoms with Gasteiger partial charge in [0.15, 0.2) is 0 Å². The third-order valence-electron chi connectivity index (χ3n) is 3.74. The number of nitrogens with zero attached hydrogens (tertiary/aromatic N) is 1. The van der Waals surface area contributed by atoms with Crippen molar-refractivity contribution in [2.45, 2.75) is 32.2 Å². The second-order valence-electron chi connectivity index (χ2n) is 5.23. The Kier molecular flexibility index (Phi) is 4.35. The number of urea groups is 1. The van der Waals surface area contributed by atoms with Gasteiger partial charge in [-0.1, -0.05) is 6.07 Å². The second kappa shape index (κ2) is 6.03. The molecule has 0 bridgehead atoms. The molecule has 2 amide bonds. The molecule has 1 aromatic carbocycles. The molecule has 0 saturated carbocycles. The Morgan fingerprint density at radius 3 is 2.90 bits per heavy atom. The number of nitrogens with one attached hydrogen (secondary N) is 1. The van der Waals surface area contributed by atoms with E-state index in [1.54, 1.807) is 31.2 Å². The summed E-state index contributed by atoms with van der Waals surface area (Å²) in [6.45, 7) is 4.45. The summed E-state index contributed by atoms with van der Waals surface area (Å²) in [5.41, 5.74) is -0.549. The van der Waals surface area contributed by atoms with Crippen LogP contribution in [-0.4, -0.2) is 40.7 Å². The third-order valence-corrected chi connectivity index (χ3v) is 3.74. The number of rotatable bonds is 4. The van der Waals surface area contributed by atoms with Crippen molar-refractivity contribution in [1.82, 2.24) is 4.90 Å². The number of amides is 2. The number of hydrogen-bond donors (Lipinski definition) is 2. The Morgan fingerprint density at radius 2 is 2.24 bits per heavy atom. The minimum absolute atomic E-state index is 0.397. The number of hydrogen-bond acceptors (Lipinski definition) is 3. The first kappa shape index (κ1) is 15.2. The molecule has 2 N–H and O–H groups in total. The van der Waals surface area contributed by atoms with Crippen molar-refractivity contribution in [1.29, 1.82) is 0 Å². The van der Waals surface area contributed by atoms with E-state index in [1.165, 1.54) is 4.90 Å². The van der Waals surface area contributed by atoms with E-state index in [0.29, 0.717) is 37.4 Å². The first-order valence-electron chi connectivity index (χ1n) is 7.02. The van der Waals surface area contributed by atoms with Crippen LogP contribution in [0.25, 0.3) is 0 Å². The summed E-state index contributed by atoms with van der Waals surface area (Å²) in [5.74, 6) is -0.309. The van der Waals surface area contributed by atoms with Gasteiger partial charge in [-0.15, -0.1) is 0 Å². The van der Waals surface area contributed by atoms with Crippen molar-refractivity contribution in [2.24, 2.45) is 0 Å². The maximum atomic E-state index is 12.3. The monoisotopic (exact) mass is 292 g/mol. The summed E-state index contributed by atoms with van der Waals surface area (Å²) >= 11 is 0. The summed E-state index contributed by atoms with van der Waals surface area (Å²) in [5, 5.41) is 12.1. The number of anilines is 1. The van der Waals surface area contributed by atoms with E-state index < -0.39 is 17.5 Å². The lowest BCUT2D eigenvalue weighted by atomic mass is 10.00. The Hall–Kier alpha value is -2.24. The first-order valence-corrected chi connectivity index (χ1v) is 7.02. The fourth-order valence-corrected chi connectivity index (χ4v) is 2.53. The molecule has 1 aromatic rings. The molecule has 0 aromatic heterocycles. The van der Waals surface area contributed by atoms with Gasteiger partial charge in [-0.3, -0.25) is 0 Å². The number of likely N-dealkylation sites (tertiary alicyclic amines) is 1. The second-order valence-corrected chi connectivity index (χ2v) is 5.23. The molecule has 1 fully saturated rings. The zero-order valence-electron chi connectivity index (χ0n) is 12.3. The summed E-state index contributed by atoms with van der Waals surface area (Å²) in [4.78, 5) is 25.1. The van der Waals surface area contributed by atoms with Gasteiger partial charge < -0.3 is 20.1 Å². The predicted molar refractivity (Wildman–Crippen MR) is 78.6 cm³/mol. The van der Waals surface area contributed by atoms with Gasteiger partial charge in [0.05, 0.1) is 6.61 Å². The van der Waals surface area contributed by atoms with Crippen LogP contribution in [0.5, 0.6) is 5.75 Å². The van der Waals surface area contributed by atoms with Crippen LogP contribution in [0.4, 0.5) is 10.5 Å². The zero-order chi connectivity index (χ0) is 15.5. The van der Waals surface area contributed by atoms with Gasteiger partial charge in [0.25, 0.3) is 0 Å². The normalized spacial score (nSPS) is 21.1. The van der Waals surface area contributed by atoms with Gasteiger partial charge in [0.1, 0.15) is 11.3 Å². The molecule has 114 valence electrons. The average molecular weight is 292 g/mol. The molecule has 6 nitrogen and oxygen atoms in total. The van der Waals surface area contributed by atoms with Gasteiger partial charge in [0, 0.05) is 18.3 Å². The molecule has 0 radical (unpaired) electrons. The van der Waals surface area contributed by atoms with E-state index in [0.717, 1.165) is 0 Å². The molecule has 2 rings (SSSR count). The first-order chi connectivity index (χ1) is 9.97. The van der Waals surface area contributed by atoms with Gasteiger partial charge in [-0.25, -0.2) is 9.59 Å². The highest BCUT2D eigenvalue weighted by molar-refractivity contribution is 5.94. The molecular formula is C15H20N2O4. The number of carboxylic acid groups (broad SMARTS) is 1. The van der Waals surface area contributed by atoms with Crippen LogP contribution < -0.4 is 10.1 Å². The number of carboxylic acids is 1. The number of benzene rings is 1. The molecule has 1 saturated heterocycles. The Labute approximate surface area is 123 Å². The van der Waals surface area contributed by atoms with E-state index in [4.69, 9.17) is 4.74 Å². The van der Waals surface area contributed by atoms with Crippen molar-refractivity contribution in [2.75, 3.05) is 18.5 Å². The minimum Gasteiger partial charge on any atom is -0.494 e. The van der Waals surface area contributed by atoms with Crippen LogP contribution in [-0.2, 0) is 4.79 Å². The van der Waals surface area contributed by atoms with E-state index in [1.807, 2.05) is 6.92 Å². The molecule has 1 aliphatic rings. The SMILES string of the molecule is CCOc1cccc(NC(=O)N2CCCC2(C)C(=O)O)c1.